The summed E-state index contributed by atoms with van der Waals surface area (Å²) in [5.41, 5.74) is 2.08. The van der Waals surface area contributed by atoms with Crippen LogP contribution in [0, 0.1) is 0 Å². The van der Waals surface area contributed by atoms with Gasteiger partial charge in [0.1, 0.15) is 11.7 Å². The van der Waals surface area contributed by atoms with Gasteiger partial charge in [-0.3, -0.25) is 9.59 Å². The number of carbonyl (C=O) groups excluding carboxylic acids is 2. The third-order valence-corrected chi connectivity index (χ3v) is 3.73. The Morgan fingerprint density at radius 2 is 2.22 bits per heavy atom. The van der Waals surface area contributed by atoms with E-state index < -0.39 is 0 Å². The first-order valence-electron chi connectivity index (χ1n) is 6.01. The molecule has 5 nitrogen and oxygen atoms in total. The molecular formula is C12H17N3O2S. The number of hydrogen-bond acceptors (Lipinski definition) is 4. The van der Waals surface area contributed by atoms with Crippen LogP contribution >= 0.6 is 11.3 Å². The van der Waals surface area contributed by atoms with Gasteiger partial charge in [-0.15, -0.1) is 11.3 Å². The molecule has 18 heavy (non-hydrogen) atoms. The molecule has 2 rings (SSSR count). The summed E-state index contributed by atoms with van der Waals surface area (Å²) >= 11 is 1.39. The zero-order valence-corrected chi connectivity index (χ0v) is 11.4. The van der Waals surface area contributed by atoms with Crippen molar-refractivity contribution in [1.29, 1.82) is 0 Å². The van der Waals surface area contributed by atoms with Crippen LogP contribution in [0.25, 0.3) is 0 Å². The molecule has 0 spiro atoms. The summed E-state index contributed by atoms with van der Waals surface area (Å²) in [6, 6.07) is -0.331. The van der Waals surface area contributed by atoms with Crippen LogP contribution in [0.1, 0.15) is 29.8 Å². The van der Waals surface area contributed by atoms with Crippen LogP contribution in [0.5, 0.6) is 0 Å². The summed E-state index contributed by atoms with van der Waals surface area (Å²) in [4.78, 5) is 31.6. The van der Waals surface area contributed by atoms with Crippen molar-refractivity contribution in [2.75, 3.05) is 20.6 Å². The average molecular weight is 267 g/mol. The monoisotopic (exact) mass is 267 g/mol. The normalized spacial score (nSPS) is 19.7. The van der Waals surface area contributed by atoms with Gasteiger partial charge in [0.15, 0.2) is 0 Å². The molecule has 1 aliphatic rings. The maximum atomic E-state index is 12.3. The van der Waals surface area contributed by atoms with Crippen molar-refractivity contribution in [3.63, 3.8) is 0 Å². The summed E-state index contributed by atoms with van der Waals surface area (Å²) in [5, 5.41) is 1.73. The van der Waals surface area contributed by atoms with E-state index in [1.807, 2.05) is 0 Å². The highest BCUT2D eigenvalue weighted by Gasteiger charge is 2.33. The van der Waals surface area contributed by atoms with E-state index in [1.54, 1.807) is 34.8 Å². The third kappa shape index (κ3) is 2.53. The molecule has 0 radical (unpaired) electrons. The first kappa shape index (κ1) is 13.0. The van der Waals surface area contributed by atoms with Crippen LogP contribution in [-0.4, -0.2) is 53.3 Å². The van der Waals surface area contributed by atoms with E-state index >= 15 is 0 Å². The second-order valence-corrected chi connectivity index (χ2v) is 5.34. The van der Waals surface area contributed by atoms with Gasteiger partial charge < -0.3 is 9.80 Å². The molecule has 2 amide bonds. The number of rotatable bonds is 2. The Kier molecular flexibility index (Phi) is 3.96. The highest BCUT2D eigenvalue weighted by molar-refractivity contribution is 7.07. The molecule has 0 unspecified atom stereocenters. The minimum atomic E-state index is -0.331. The molecule has 1 aliphatic heterocycles. The van der Waals surface area contributed by atoms with Gasteiger partial charge in [0.25, 0.3) is 5.91 Å². The lowest BCUT2D eigenvalue weighted by atomic mass is 10.0. The van der Waals surface area contributed by atoms with Gasteiger partial charge in [-0.25, -0.2) is 4.98 Å². The molecule has 0 N–H and O–H groups in total. The van der Waals surface area contributed by atoms with Crippen molar-refractivity contribution >= 4 is 23.2 Å². The summed E-state index contributed by atoms with van der Waals surface area (Å²) in [5.74, 6) is -0.130. The zero-order chi connectivity index (χ0) is 13.1. The standard InChI is InChI=1S/C12H17N3O2S/c1-14(2)12(17)10-5-3-4-6-15(10)11(16)9-7-18-8-13-9/h7-8,10H,3-6H2,1-2H3/t10-/m1/s1. The quantitative estimate of drug-likeness (QED) is 0.809. The second-order valence-electron chi connectivity index (χ2n) is 4.62. The fraction of sp³-hybridized carbons (Fsp3) is 0.583. The zero-order valence-electron chi connectivity index (χ0n) is 10.6. The first-order valence-corrected chi connectivity index (χ1v) is 6.96. The van der Waals surface area contributed by atoms with E-state index in [0.29, 0.717) is 12.2 Å². The Bertz CT molecular complexity index is 431. The molecule has 1 saturated heterocycles. The van der Waals surface area contributed by atoms with Gasteiger partial charge in [-0.05, 0) is 19.3 Å². The summed E-state index contributed by atoms with van der Waals surface area (Å²) < 4.78 is 0. The van der Waals surface area contributed by atoms with Crippen molar-refractivity contribution in [3.05, 3.63) is 16.6 Å². The van der Waals surface area contributed by atoms with Crippen LogP contribution < -0.4 is 0 Å². The predicted octanol–water partition coefficient (Wildman–Crippen LogP) is 1.23. The summed E-state index contributed by atoms with van der Waals surface area (Å²) in [7, 11) is 3.45. The first-order chi connectivity index (χ1) is 8.61. The molecular weight excluding hydrogens is 250 g/mol. The number of amides is 2. The number of likely N-dealkylation sites (N-methyl/N-ethyl adjacent to an activating group) is 1. The van der Waals surface area contributed by atoms with E-state index in [1.165, 1.54) is 11.3 Å². The minimum absolute atomic E-state index is 0.00159. The number of carbonyl (C=O) groups is 2. The highest BCUT2D eigenvalue weighted by atomic mass is 32.1. The molecule has 2 heterocycles. The molecule has 1 fully saturated rings. The van der Waals surface area contributed by atoms with Crippen LogP contribution in [0.2, 0.25) is 0 Å². The van der Waals surface area contributed by atoms with Crippen molar-refractivity contribution in [2.45, 2.75) is 25.3 Å². The minimum Gasteiger partial charge on any atom is -0.347 e. The highest BCUT2D eigenvalue weighted by Crippen LogP contribution is 2.21. The largest absolute Gasteiger partial charge is 0.347 e. The summed E-state index contributed by atoms with van der Waals surface area (Å²) in [6.07, 6.45) is 2.69. The second kappa shape index (κ2) is 5.48. The number of piperidine rings is 1. The Morgan fingerprint density at radius 3 is 2.83 bits per heavy atom. The van der Waals surface area contributed by atoms with Crippen molar-refractivity contribution < 1.29 is 9.59 Å². The molecule has 1 aromatic heterocycles. The lowest BCUT2D eigenvalue weighted by Gasteiger charge is -2.35. The average Bonchev–Trinajstić information content (AvgIpc) is 2.90. The molecule has 0 aliphatic carbocycles. The van der Waals surface area contributed by atoms with Gasteiger partial charge in [0.2, 0.25) is 5.91 Å². The Morgan fingerprint density at radius 1 is 1.44 bits per heavy atom. The predicted molar refractivity (Wildman–Crippen MR) is 69.5 cm³/mol. The summed E-state index contributed by atoms with van der Waals surface area (Å²) in [6.45, 7) is 0.639. The molecule has 1 atom stereocenters. The fourth-order valence-electron chi connectivity index (χ4n) is 2.19. The van der Waals surface area contributed by atoms with Crippen LogP contribution in [0.15, 0.2) is 10.9 Å². The number of hydrogen-bond donors (Lipinski definition) is 0. The number of nitrogens with zero attached hydrogens (tertiary/aromatic N) is 3. The molecule has 1 aromatic rings. The molecule has 0 bridgehead atoms. The van der Waals surface area contributed by atoms with E-state index in [4.69, 9.17) is 0 Å². The topological polar surface area (TPSA) is 53.5 Å². The lowest BCUT2D eigenvalue weighted by Crippen LogP contribution is -2.51. The van der Waals surface area contributed by atoms with Gasteiger partial charge in [-0.2, -0.15) is 0 Å². The maximum Gasteiger partial charge on any atom is 0.274 e. The third-order valence-electron chi connectivity index (χ3n) is 3.14. The molecule has 0 aromatic carbocycles. The maximum absolute atomic E-state index is 12.3. The van der Waals surface area contributed by atoms with Crippen molar-refractivity contribution in [2.24, 2.45) is 0 Å². The van der Waals surface area contributed by atoms with Gasteiger partial charge in [0, 0.05) is 26.0 Å². The van der Waals surface area contributed by atoms with Crippen LogP contribution in [-0.2, 0) is 4.79 Å². The Labute approximate surface area is 110 Å². The van der Waals surface area contributed by atoms with Gasteiger partial charge in [0.05, 0.1) is 5.51 Å². The smallest absolute Gasteiger partial charge is 0.274 e. The van der Waals surface area contributed by atoms with Crippen LogP contribution in [0.3, 0.4) is 0 Å². The van der Waals surface area contributed by atoms with E-state index in [-0.39, 0.29) is 17.9 Å². The molecule has 6 heteroatoms. The number of likely N-dealkylation sites (tertiary alicyclic amines) is 1. The Balaban J connectivity index is 2.18. The van der Waals surface area contributed by atoms with Crippen molar-refractivity contribution in [1.82, 2.24) is 14.8 Å². The van der Waals surface area contributed by atoms with Crippen molar-refractivity contribution in [3.8, 4) is 0 Å². The fourth-order valence-corrected chi connectivity index (χ4v) is 2.72. The SMILES string of the molecule is CN(C)C(=O)[C@H]1CCCCN1C(=O)c1cscn1. The molecule has 98 valence electrons. The van der Waals surface area contributed by atoms with E-state index in [0.717, 1.165) is 19.3 Å². The van der Waals surface area contributed by atoms with Gasteiger partial charge in [-0.1, -0.05) is 0 Å². The van der Waals surface area contributed by atoms with Gasteiger partial charge >= 0.3 is 0 Å². The number of aromatic nitrogens is 1. The van der Waals surface area contributed by atoms with Crippen LogP contribution in [0.4, 0.5) is 0 Å². The Hall–Kier alpha value is -1.43. The molecule has 0 saturated carbocycles. The number of thiazole rings is 1. The van der Waals surface area contributed by atoms with E-state index in [9.17, 15) is 9.59 Å². The van der Waals surface area contributed by atoms with E-state index in [2.05, 4.69) is 4.98 Å². The lowest BCUT2D eigenvalue weighted by molar-refractivity contribution is -0.134.